The summed E-state index contributed by atoms with van der Waals surface area (Å²) in [6, 6.07) is 10.0. The first kappa shape index (κ1) is 17.2. The van der Waals surface area contributed by atoms with E-state index >= 15 is 0 Å². The Morgan fingerprint density at radius 2 is 2.12 bits per heavy atom. The smallest absolute Gasteiger partial charge is 0.230 e. The Bertz CT molecular complexity index is 827. The Labute approximate surface area is 150 Å². The molecular weight excluding hydrogens is 336 g/mol. The summed E-state index contributed by atoms with van der Waals surface area (Å²) in [5, 5.41) is 15.9. The number of thioether (sulfide) groups is 1. The Balaban J connectivity index is 1.57. The van der Waals surface area contributed by atoms with E-state index in [0.29, 0.717) is 12.3 Å². The molecule has 1 aromatic carbocycles. The molecule has 0 aliphatic heterocycles. The molecule has 0 saturated carbocycles. The first-order valence-corrected chi connectivity index (χ1v) is 9.00. The van der Waals surface area contributed by atoms with Gasteiger partial charge in [0.1, 0.15) is 6.33 Å². The van der Waals surface area contributed by atoms with Crippen LogP contribution in [0.2, 0.25) is 0 Å². The molecule has 25 heavy (non-hydrogen) atoms. The van der Waals surface area contributed by atoms with Gasteiger partial charge >= 0.3 is 0 Å². The van der Waals surface area contributed by atoms with Gasteiger partial charge in [-0.15, -0.1) is 10.2 Å². The number of rotatable bonds is 7. The van der Waals surface area contributed by atoms with Crippen molar-refractivity contribution in [3.63, 3.8) is 0 Å². The van der Waals surface area contributed by atoms with Gasteiger partial charge in [-0.2, -0.15) is 5.10 Å². The van der Waals surface area contributed by atoms with Crippen LogP contribution in [0.1, 0.15) is 25.5 Å². The van der Waals surface area contributed by atoms with Gasteiger partial charge in [0.2, 0.25) is 5.91 Å². The standard InChI is InChI=1S/C17H20N6OS/c1-13(2)22-12-19-21-17(22)25-11-16(24)18-10-14-6-3-4-7-15(14)23-9-5-8-20-23/h3-9,12-13H,10-11H2,1-2H3,(H,18,24). The molecule has 0 radical (unpaired) electrons. The van der Waals surface area contributed by atoms with Crippen LogP contribution in [-0.2, 0) is 11.3 Å². The highest BCUT2D eigenvalue weighted by Crippen LogP contribution is 2.18. The summed E-state index contributed by atoms with van der Waals surface area (Å²) in [4.78, 5) is 12.2. The van der Waals surface area contributed by atoms with Crippen LogP contribution < -0.4 is 5.32 Å². The van der Waals surface area contributed by atoms with Crippen molar-refractivity contribution in [3.8, 4) is 5.69 Å². The van der Waals surface area contributed by atoms with Crippen LogP contribution in [0.5, 0.6) is 0 Å². The third kappa shape index (κ3) is 4.27. The molecule has 1 N–H and O–H groups in total. The second-order valence-electron chi connectivity index (χ2n) is 5.76. The summed E-state index contributed by atoms with van der Waals surface area (Å²) in [6.45, 7) is 4.56. The highest BCUT2D eigenvalue weighted by atomic mass is 32.2. The van der Waals surface area contributed by atoms with Crippen LogP contribution in [0, 0.1) is 0 Å². The molecule has 1 amide bonds. The molecule has 8 heteroatoms. The average molecular weight is 356 g/mol. The van der Waals surface area contributed by atoms with E-state index in [9.17, 15) is 4.79 Å². The van der Waals surface area contributed by atoms with E-state index in [1.165, 1.54) is 11.8 Å². The van der Waals surface area contributed by atoms with Gasteiger partial charge in [-0.3, -0.25) is 4.79 Å². The van der Waals surface area contributed by atoms with Gasteiger partial charge in [0.05, 0.1) is 11.4 Å². The number of hydrogen-bond donors (Lipinski definition) is 1. The molecule has 0 aliphatic carbocycles. The zero-order valence-corrected chi connectivity index (χ0v) is 15.0. The van der Waals surface area contributed by atoms with Crippen LogP contribution >= 0.6 is 11.8 Å². The van der Waals surface area contributed by atoms with Gasteiger partial charge in [-0.1, -0.05) is 30.0 Å². The Morgan fingerprint density at radius 3 is 2.88 bits per heavy atom. The van der Waals surface area contributed by atoms with Crippen LogP contribution in [-0.4, -0.2) is 36.2 Å². The van der Waals surface area contributed by atoms with Gasteiger partial charge < -0.3 is 9.88 Å². The van der Waals surface area contributed by atoms with Crippen molar-refractivity contribution in [2.45, 2.75) is 31.6 Å². The zero-order valence-electron chi connectivity index (χ0n) is 14.2. The number of benzene rings is 1. The van der Waals surface area contributed by atoms with Crippen molar-refractivity contribution in [1.82, 2.24) is 29.9 Å². The number of nitrogens with zero attached hydrogens (tertiary/aromatic N) is 5. The van der Waals surface area contributed by atoms with Gasteiger partial charge in [-0.05, 0) is 31.5 Å². The lowest BCUT2D eigenvalue weighted by Gasteiger charge is -2.11. The van der Waals surface area contributed by atoms with E-state index in [1.807, 2.05) is 41.1 Å². The molecule has 0 spiro atoms. The minimum absolute atomic E-state index is 0.0430. The highest BCUT2D eigenvalue weighted by Gasteiger charge is 2.11. The Morgan fingerprint density at radius 1 is 1.28 bits per heavy atom. The lowest BCUT2D eigenvalue weighted by atomic mass is 10.2. The fraction of sp³-hybridized carbons (Fsp3) is 0.294. The summed E-state index contributed by atoms with van der Waals surface area (Å²) in [5.41, 5.74) is 1.97. The van der Waals surface area contributed by atoms with Gasteiger partial charge in [-0.25, -0.2) is 4.68 Å². The van der Waals surface area contributed by atoms with E-state index in [2.05, 4.69) is 34.5 Å². The Hall–Kier alpha value is -2.61. The second kappa shape index (κ2) is 7.98. The van der Waals surface area contributed by atoms with Gasteiger partial charge in [0.25, 0.3) is 0 Å². The summed E-state index contributed by atoms with van der Waals surface area (Å²) < 4.78 is 3.74. The fourth-order valence-corrected chi connectivity index (χ4v) is 3.23. The number of nitrogens with one attached hydrogen (secondary N) is 1. The minimum Gasteiger partial charge on any atom is -0.351 e. The van der Waals surface area contributed by atoms with E-state index in [-0.39, 0.29) is 11.9 Å². The number of hydrogen-bond acceptors (Lipinski definition) is 5. The number of para-hydroxylation sites is 1. The molecule has 7 nitrogen and oxygen atoms in total. The lowest BCUT2D eigenvalue weighted by molar-refractivity contribution is -0.118. The first-order chi connectivity index (χ1) is 12.1. The minimum atomic E-state index is -0.0430. The van der Waals surface area contributed by atoms with Gasteiger partial charge in [0.15, 0.2) is 5.16 Å². The van der Waals surface area contributed by atoms with E-state index in [4.69, 9.17) is 0 Å². The summed E-state index contributed by atoms with van der Waals surface area (Å²) in [5.74, 6) is 0.258. The molecule has 130 valence electrons. The maximum atomic E-state index is 12.2. The number of aromatic nitrogens is 5. The highest BCUT2D eigenvalue weighted by molar-refractivity contribution is 7.99. The molecular formula is C17H20N6OS. The average Bonchev–Trinajstić information content (AvgIpc) is 3.29. The zero-order chi connectivity index (χ0) is 17.6. The molecule has 3 aromatic rings. The molecule has 3 rings (SSSR count). The molecule has 0 fully saturated rings. The molecule has 2 aromatic heterocycles. The van der Waals surface area contributed by atoms with Crippen molar-refractivity contribution in [2.24, 2.45) is 0 Å². The first-order valence-electron chi connectivity index (χ1n) is 8.02. The van der Waals surface area contributed by atoms with Gasteiger partial charge in [0, 0.05) is 25.0 Å². The Kier molecular flexibility index (Phi) is 5.49. The van der Waals surface area contributed by atoms with Crippen molar-refractivity contribution in [1.29, 1.82) is 0 Å². The summed E-state index contributed by atoms with van der Waals surface area (Å²) in [7, 11) is 0. The third-order valence-corrected chi connectivity index (χ3v) is 4.60. The van der Waals surface area contributed by atoms with E-state index < -0.39 is 0 Å². The predicted molar refractivity (Wildman–Crippen MR) is 96.5 cm³/mol. The quantitative estimate of drug-likeness (QED) is 0.658. The van der Waals surface area contributed by atoms with Crippen molar-refractivity contribution in [2.75, 3.05) is 5.75 Å². The number of amides is 1. The SMILES string of the molecule is CC(C)n1cnnc1SCC(=O)NCc1ccccc1-n1cccn1. The molecule has 2 heterocycles. The predicted octanol–water partition coefficient (Wildman–Crippen LogP) is 2.45. The number of carbonyl (C=O) groups excluding carboxylic acids is 1. The van der Waals surface area contributed by atoms with Crippen molar-refractivity contribution >= 4 is 17.7 Å². The van der Waals surface area contributed by atoms with Crippen molar-refractivity contribution in [3.05, 3.63) is 54.6 Å². The topological polar surface area (TPSA) is 77.6 Å². The fourth-order valence-electron chi connectivity index (χ4n) is 2.36. The molecule has 0 saturated heterocycles. The molecule has 0 bridgehead atoms. The normalized spacial score (nSPS) is 11.0. The summed E-state index contributed by atoms with van der Waals surface area (Å²) in [6.07, 6.45) is 5.30. The molecule has 0 aliphatic rings. The summed E-state index contributed by atoms with van der Waals surface area (Å²) >= 11 is 1.39. The largest absolute Gasteiger partial charge is 0.351 e. The van der Waals surface area contributed by atoms with Crippen molar-refractivity contribution < 1.29 is 4.79 Å². The maximum absolute atomic E-state index is 12.2. The van der Waals surface area contributed by atoms with Crippen LogP contribution in [0.15, 0.2) is 54.2 Å². The third-order valence-electron chi connectivity index (χ3n) is 3.65. The lowest BCUT2D eigenvalue weighted by Crippen LogP contribution is -2.25. The van der Waals surface area contributed by atoms with Crippen LogP contribution in [0.3, 0.4) is 0 Å². The maximum Gasteiger partial charge on any atom is 0.230 e. The second-order valence-corrected chi connectivity index (χ2v) is 6.70. The number of carbonyl (C=O) groups is 1. The molecule has 0 atom stereocenters. The van der Waals surface area contributed by atoms with Crippen LogP contribution in [0.4, 0.5) is 0 Å². The van der Waals surface area contributed by atoms with Crippen LogP contribution in [0.25, 0.3) is 5.69 Å². The molecule has 0 unspecified atom stereocenters. The van der Waals surface area contributed by atoms with E-state index in [1.54, 1.807) is 17.2 Å². The monoisotopic (exact) mass is 356 g/mol. The van der Waals surface area contributed by atoms with E-state index in [0.717, 1.165) is 16.4 Å².